The van der Waals surface area contributed by atoms with E-state index in [0.29, 0.717) is 0 Å². The van der Waals surface area contributed by atoms with E-state index in [4.69, 9.17) is 14.0 Å². The molecule has 3 aromatic rings. The van der Waals surface area contributed by atoms with Gasteiger partial charge in [-0.1, -0.05) is 23.4 Å². The molecule has 0 saturated heterocycles. The number of aryl methyl sites for hydroxylation is 1. The summed E-state index contributed by atoms with van der Waals surface area (Å²) in [5.74, 6) is 1.80. The fourth-order valence-electron chi connectivity index (χ4n) is 3.53. The Morgan fingerprint density at radius 3 is 2.72 bits per heavy atom. The van der Waals surface area contributed by atoms with Crippen LogP contribution in [-0.4, -0.2) is 19.4 Å². The van der Waals surface area contributed by atoms with E-state index in [-0.39, 0.29) is 5.92 Å². The van der Waals surface area contributed by atoms with Gasteiger partial charge in [0.15, 0.2) is 0 Å². The van der Waals surface area contributed by atoms with Crippen molar-refractivity contribution in [1.82, 2.24) is 5.16 Å². The number of ether oxygens (including phenoxy) is 2. The highest BCUT2D eigenvalue weighted by molar-refractivity contribution is 5.64. The first-order valence-electron chi connectivity index (χ1n) is 8.31. The Bertz CT molecular complexity index is 874. The first-order chi connectivity index (χ1) is 12.3. The SMILES string of the molecule is COc1cc2c(c(OC)c1)C(c1nocc1Nc1ccccc1)CC2. The fraction of sp³-hybridized carbons (Fsp3) is 0.250. The highest BCUT2D eigenvalue weighted by Gasteiger charge is 2.32. The molecule has 2 aromatic carbocycles. The van der Waals surface area contributed by atoms with Crippen LogP contribution in [0.2, 0.25) is 0 Å². The van der Waals surface area contributed by atoms with E-state index in [1.54, 1.807) is 20.5 Å². The first-order valence-corrected chi connectivity index (χ1v) is 8.31. The standard InChI is InChI=1S/C20H20N2O3/c1-23-15-10-13-8-9-16(19(13)18(11-15)24-2)20-17(12-25-22-20)21-14-6-4-3-5-7-14/h3-7,10-12,16,21H,8-9H2,1-2H3. The minimum absolute atomic E-state index is 0.140. The Kier molecular flexibility index (Phi) is 4.06. The number of hydrogen-bond acceptors (Lipinski definition) is 5. The van der Waals surface area contributed by atoms with Gasteiger partial charge >= 0.3 is 0 Å². The molecule has 1 atom stereocenters. The van der Waals surface area contributed by atoms with Gasteiger partial charge in [0, 0.05) is 23.2 Å². The average molecular weight is 336 g/mol. The second-order valence-electron chi connectivity index (χ2n) is 6.10. The van der Waals surface area contributed by atoms with Gasteiger partial charge in [-0.2, -0.15) is 0 Å². The third kappa shape index (κ3) is 2.82. The smallest absolute Gasteiger partial charge is 0.147 e. The molecule has 0 radical (unpaired) electrons. The van der Waals surface area contributed by atoms with Crippen molar-refractivity contribution in [2.24, 2.45) is 0 Å². The first kappa shape index (κ1) is 15.6. The van der Waals surface area contributed by atoms with Crippen LogP contribution in [0.3, 0.4) is 0 Å². The lowest BCUT2D eigenvalue weighted by Gasteiger charge is -2.16. The van der Waals surface area contributed by atoms with Gasteiger partial charge in [-0.3, -0.25) is 0 Å². The van der Waals surface area contributed by atoms with Crippen molar-refractivity contribution < 1.29 is 14.0 Å². The Hall–Kier alpha value is -2.95. The van der Waals surface area contributed by atoms with Gasteiger partial charge in [-0.05, 0) is 36.6 Å². The topological polar surface area (TPSA) is 56.5 Å². The van der Waals surface area contributed by atoms with Crippen LogP contribution in [-0.2, 0) is 6.42 Å². The van der Waals surface area contributed by atoms with Crippen molar-refractivity contribution >= 4 is 11.4 Å². The highest BCUT2D eigenvalue weighted by Crippen LogP contribution is 2.46. The zero-order valence-electron chi connectivity index (χ0n) is 14.3. The number of para-hydroxylation sites is 1. The fourth-order valence-corrected chi connectivity index (χ4v) is 3.53. The lowest BCUT2D eigenvalue weighted by atomic mass is 9.95. The Morgan fingerprint density at radius 2 is 1.96 bits per heavy atom. The van der Waals surface area contributed by atoms with E-state index in [1.165, 1.54) is 11.1 Å². The lowest BCUT2D eigenvalue weighted by Crippen LogP contribution is -2.03. The van der Waals surface area contributed by atoms with Gasteiger partial charge in [-0.25, -0.2) is 0 Å². The molecular formula is C20H20N2O3. The normalized spacial score (nSPS) is 15.7. The molecule has 0 aliphatic heterocycles. The Balaban J connectivity index is 1.71. The van der Waals surface area contributed by atoms with Gasteiger partial charge < -0.3 is 19.3 Å². The summed E-state index contributed by atoms with van der Waals surface area (Å²) < 4.78 is 16.3. The van der Waals surface area contributed by atoms with E-state index >= 15 is 0 Å². The third-order valence-corrected chi connectivity index (χ3v) is 4.69. The summed E-state index contributed by atoms with van der Waals surface area (Å²) in [5.41, 5.74) is 5.23. The van der Waals surface area contributed by atoms with E-state index in [2.05, 4.69) is 16.5 Å². The van der Waals surface area contributed by atoms with Crippen molar-refractivity contribution in [2.45, 2.75) is 18.8 Å². The van der Waals surface area contributed by atoms with Crippen molar-refractivity contribution in [2.75, 3.05) is 19.5 Å². The van der Waals surface area contributed by atoms with E-state index in [1.807, 2.05) is 36.4 Å². The van der Waals surface area contributed by atoms with Crippen LogP contribution in [0, 0.1) is 0 Å². The maximum Gasteiger partial charge on any atom is 0.147 e. The molecule has 1 aliphatic rings. The lowest BCUT2D eigenvalue weighted by molar-refractivity contribution is 0.388. The molecule has 1 aliphatic carbocycles. The molecular weight excluding hydrogens is 316 g/mol. The largest absolute Gasteiger partial charge is 0.497 e. The molecule has 1 unspecified atom stereocenters. The number of nitrogens with zero attached hydrogens (tertiary/aromatic N) is 1. The van der Waals surface area contributed by atoms with Crippen molar-refractivity contribution in [3.8, 4) is 11.5 Å². The summed E-state index contributed by atoms with van der Waals surface area (Å²) in [6.07, 6.45) is 3.59. The Morgan fingerprint density at radius 1 is 1.12 bits per heavy atom. The molecule has 0 spiro atoms. The summed E-state index contributed by atoms with van der Waals surface area (Å²) in [7, 11) is 3.36. The number of rotatable bonds is 5. The van der Waals surface area contributed by atoms with Crippen LogP contribution in [0.5, 0.6) is 11.5 Å². The number of methoxy groups -OCH3 is 2. The minimum Gasteiger partial charge on any atom is -0.497 e. The van der Waals surface area contributed by atoms with E-state index < -0.39 is 0 Å². The van der Waals surface area contributed by atoms with Gasteiger partial charge in [0.1, 0.15) is 29.1 Å². The molecule has 0 saturated carbocycles. The second-order valence-corrected chi connectivity index (χ2v) is 6.10. The van der Waals surface area contributed by atoms with Crippen LogP contribution in [0.1, 0.15) is 29.2 Å². The van der Waals surface area contributed by atoms with Gasteiger partial charge in [0.25, 0.3) is 0 Å². The average Bonchev–Trinajstić information content (AvgIpc) is 3.28. The molecule has 1 N–H and O–H groups in total. The van der Waals surface area contributed by atoms with Crippen molar-refractivity contribution in [3.63, 3.8) is 0 Å². The predicted molar refractivity (Wildman–Crippen MR) is 95.9 cm³/mol. The summed E-state index contributed by atoms with van der Waals surface area (Å²) in [4.78, 5) is 0. The quantitative estimate of drug-likeness (QED) is 0.743. The number of hydrogen-bond donors (Lipinski definition) is 1. The van der Waals surface area contributed by atoms with Crippen LogP contribution in [0.25, 0.3) is 0 Å². The van der Waals surface area contributed by atoms with Gasteiger partial charge in [0.2, 0.25) is 0 Å². The molecule has 5 nitrogen and oxygen atoms in total. The third-order valence-electron chi connectivity index (χ3n) is 4.69. The molecule has 0 amide bonds. The predicted octanol–water partition coefficient (Wildman–Crippen LogP) is 4.51. The minimum atomic E-state index is 0.140. The number of aromatic nitrogens is 1. The molecule has 5 heteroatoms. The second kappa shape index (κ2) is 6.51. The molecule has 25 heavy (non-hydrogen) atoms. The number of nitrogens with one attached hydrogen (secondary N) is 1. The Labute approximate surface area is 146 Å². The summed E-state index contributed by atoms with van der Waals surface area (Å²) >= 11 is 0. The van der Waals surface area contributed by atoms with Crippen molar-refractivity contribution in [3.05, 3.63) is 65.5 Å². The number of benzene rings is 2. The van der Waals surface area contributed by atoms with E-state index in [0.717, 1.165) is 41.4 Å². The summed E-state index contributed by atoms with van der Waals surface area (Å²) in [6.45, 7) is 0. The summed E-state index contributed by atoms with van der Waals surface area (Å²) in [5, 5.41) is 7.69. The maximum absolute atomic E-state index is 5.63. The molecule has 1 heterocycles. The van der Waals surface area contributed by atoms with Gasteiger partial charge in [0.05, 0.1) is 14.2 Å². The monoisotopic (exact) mass is 336 g/mol. The van der Waals surface area contributed by atoms with E-state index in [9.17, 15) is 0 Å². The zero-order valence-corrected chi connectivity index (χ0v) is 14.3. The summed E-state index contributed by atoms with van der Waals surface area (Å²) in [6, 6.07) is 14.0. The zero-order chi connectivity index (χ0) is 17.2. The number of anilines is 2. The maximum atomic E-state index is 5.63. The molecule has 128 valence electrons. The molecule has 0 bridgehead atoms. The van der Waals surface area contributed by atoms with Crippen LogP contribution in [0.15, 0.2) is 53.3 Å². The highest BCUT2D eigenvalue weighted by atomic mass is 16.5. The van der Waals surface area contributed by atoms with Crippen LogP contribution < -0.4 is 14.8 Å². The van der Waals surface area contributed by atoms with Crippen LogP contribution in [0.4, 0.5) is 11.4 Å². The number of fused-ring (bicyclic) bond motifs is 1. The van der Waals surface area contributed by atoms with Crippen LogP contribution >= 0.6 is 0 Å². The molecule has 4 rings (SSSR count). The molecule has 1 aromatic heterocycles. The molecule has 0 fully saturated rings. The van der Waals surface area contributed by atoms with Crippen molar-refractivity contribution in [1.29, 1.82) is 0 Å². The van der Waals surface area contributed by atoms with Gasteiger partial charge in [-0.15, -0.1) is 0 Å².